The number of ether oxygens (including phenoxy) is 1. The maximum Gasteiger partial charge on any atom is 0.120 e. The number of hydrogen-bond acceptors (Lipinski definition) is 3. The molecular formula is C20H21N3O. The van der Waals surface area contributed by atoms with E-state index in [4.69, 9.17) is 4.74 Å². The fourth-order valence-corrected chi connectivity index (χ4v) is 3.12. The van der Waals surface area contributed by atoms with Gasteiger partial charge in [0.25, 0.3) is 0 Å². The molecule has 0 spiro atoms. The topological polar surface area (TPSA) is 41.2 Å². The van der Waals surface area contributed by atoms with Crippen molar-refractivity contribution >= 4 is 16.6 Å². The molecule has 122 valence electrons. The van der Waals surface area contributed by atoms with Crippen LogP contribution < -0.4 is 9.64 Å². The number of fused-ring (bicyclic) bond motifs is 1. The lowest BCUT2D eigenvalue weighted by Crippen LogP contribution is -2.08. The lowest BCUT2D eigenvalue weighted by Gasteiger charge is -2.14. The molecule has 0 aliphatic carbocycles. The van der Waals surface area contributed by atoms with Crippen LogP contribution in [0.3, 0.4) is 0 Å². The fourth-order valence-electron chi connectivity index (χ4n) is 3.12. The number of hydrogen-bond donors (Lipinski definition) is 0. The van der Waals surface area contributed by atoms with E-state index in [0.29, 0.717) is 5.56 Å². The summed E-state index contributed by atoms with van der Waals surface area (Å²) >= 11 is 0. The minimum Gasteiger partial charge on any atom is -0.497 e. The molecule has 0 amide bonds. The molecule has 4 heteroatoms. The van der Waals surface area contributed by atoms with E-state index >= 15 is 0 Å². The van der Waals surface area contributed by atoms with Crippen molar-refractivity contribution in [2.75, 3.05) is 26.1 Å². The van der Waals surface area contributed by atoms with Crippen LogP contribution in [0, 0.1) is 11.3 Å². The number of benzene rings is 2. The van der Waals surface area contributed by atoms with Crippen LogP contribution in [0.1, 0.15) is 12.5 Å². The van der Waals surface area contributed by atoms with Crippen LogP contribution in [-0.4, -0.2) is 25.8 Å². The number of anilines is 1. The summed E-state index contributed by atoms with van der Waals surface area (Å²) in [5.74, 6) is 0.800. The molecular weight excluding hydrogens is 298 g/mol. The van der Waals surface area contributed by atoms with E-state index in [1.807, 2.05) is 32.3 Å². The molecule has 0 aliphatic heterocycles. The third kappa shape index (κ3) is 2.48. The Morgan fingerprint density at radius 1 is 1.12 bits per heavy atom. The van der Waals surface area contributed by atoms with Crippen molar-refractivity contribution in [3.63, 3.8) is 0 Å². The average Bonchev–Trinajstić information content (AvgIpc) is 2.94. The van der Waals surface area contributed by atoms with E-state index in [2.05, 4.69) is 46.7 Å². The molecule has 24 heavy (non-hydrogen) atoms. The second kappa shape index (κ2) is 6.29. The Balaban J connectivity index is 2.28. The number of nitriles is 1. The van der Waals surface area contributed by atoms with Gasteiger partial charge in [0.2, 0.25) is 0 Å². The number of nitrogens with zero attached hydrogens (tertiary/aromatic N) is 3. The van der Waals surface area contributed by atoms with Crippen LogP contribution in [0.15, 0.2) is 42.5 Å². The van der Waals surface area contributed by atoms with Crippen molar-refractivity contribution in [2.45, 2.75) is 13.5 Å². The highest BCUT2D eigenvalue weighted by Crippen LogP contribution is 2.35. The van der Waals surface area contributed by atoms with E-state index in [-0.39, 0.29) is 0 Å². The minimum absolute atomic E-state index is 0.715. The van der Waals surface area contributed by atoms with Crippen molar-refractivity contribution in [3.05, 3.63) is 48.0 Å². The fraction of sp³-hybridized carbons (Fsp3) is 0.250. The van der Waals surface area contributed by atoms with Gasteiger partial charge in [0, 0.05) is 37.8 Å². The van der Waals surface area contributed by atoms with Crippen molar-refractivity contribution in [1.82, 2.24) is 4.57 Å². The van der Waals surface area contributed by atoms with Gasteiger partial charge in [-0.25, -0.2) is 0 Å². The van der Waals surface area contributed by atoms with Crippen LogP contribution in [0.5, 0.6) is 5.75 Å². The first kappa shape index (κ1) is 15.9. The third-order valence-corrected chi connectivity index (χ3v) is 4.36. The Bertz CT molecular complexity index is 915. The molecule has 0 bridgehead atoms. The lowest BCUT2D eigenvalue weighted by atomic mass is 10.1. The van der Waals surface area contributed by atoms with Crippen molar-refractivity contribution in [2.24, 2.45) is 0 Å². The Morgan fingerprint density at radius 2 is 1.83 bits per heavy atom. The second-order valence-electron chi connectivity index (χ2n) is 5.90. The predicted molar refractivity (Wildman–Crippen MR) is 98.6 cm³/mol. The van der Waals surface area contributed by atoms with Gasteiger partial charge in [-0.1, -0.05) is 12.1 Å². The number of aromatic nitrogens is 1. The molecule has 0 unspecified atom stereocenters. The monoisotopic (exact) mass is 319 g/mol. The predicted octanol–water partition coefficient (Wildman–Crippen LogP) is 4.27. The van der Waals surface area contributed by atoms with Gasteiger partial charge in [-0.15, -0.1) is 0 Å². The molecule has 4 nitrogen and oxygen atoms in total. The van der Waals surface area contributed by atoms with E-state index in [9.17, 15) is 5.26 Å². The first-order valence-electron chi connectivity index (χ1n) is 7.98. The smallest absolute Gasteiger partial charge is 0.120 e. The average molecular weight is 319 g/mol. The largest absolute Gasteiger partial charge is 0.497 e. The second-order valence-corrected chi connectivity index (χ2v) is 5.90. The highest BCUT2D eigenvalue weighted by molar-refractivity contribution is 5.95. The van der Waals surface area contributed by atoms with Crippen LogP contribution in [0.2, 0.25) is 0 Å². The van der Waals surface area contributed by atoms with E-state index in [1.165, 1.54) is 0 Å². The number of rotatable bonds is 4. The molecule has 0 radical (unpaired) electrons. The van der Waals surface area contributed by atoms with Gasteiger partial charge < -0.3 is 14.2 Å². The van der Waals surface area contributed by atoms with Gasteiger partial charge in [-0.2, -0.15) is 5.26 Å². The summed E-state index contributed by atoms with van der Waals surface area (Å²) in [6.45, 7) is 2.88. The number of methoxy groups -OCH3 is 1. The van der Waals surface area contributed by atoms with E-state index < -0.39 is 0 Å². The first-order valence-corrected chi connectivity index (χ1v) is 7.98. The molecule has 2 aromatic carbocycles. The standard InChI is InChI=1S/C20H21N3O/c1-5-23-19-12-16(24-4)10-11-17(19)18(13-21)20(23)14-6-8-15(9-7-14)22(2)3/h6-12H,5H2,1-4H3. The molecule has 0 atom stereocenters. The zero-order valence-corrected chi connectivity index (χ0v) is 14.5. The summed E-state index contributed by atoms with van der Waals surface area (Å²) in [7, 11) is 5.70. The van der Waals surface area contributed by atoms with Gasteiger partial charge >= 0.3 is 0 Å². The summed E-state index contributed by atoms with van der Waals surface area (Å²) in [5, 5.41) is 10.7. The highest BCUT2D eigenvalue weighted by Gasteiger charge is 2.18. The van der Waals surface area contributed by atoms with Gasteiger partial charge in [0.1, 0.15) is 11.8 Å². The lowest BCUT2D eigenvalue weighted by molar-refractivity contribution is 0.415. The van der Waals surface area contributed by atoms with Crippen LogP contribution in [-0.2, 0) is 6.54 Å². The van der Waals surface area contributed by atoms with Gasteiger partial charge in [0.15, 0.2) is 0 Å². The summed E-state index contributed by atoms with van der Waals surface area (Å²) in [4.78, 5) is 2.06. The molecule has 3 rings (SSSR count). The van der Waals surface area contributed by atoms with Crippen LogP contribution in [0.25, 0.3) is 22.2 Å². The SMILES string of the molecule is CCn1c(-c2ccc(N(C)C)cc2)c(C#N)c2ccc(OC)cc21. The zero-order valence-electron chi connectivity index (χ0n) is 14.5. The molecule has 3 aromatic rings. The zero-order chi connectivity index (χ0) is 17.3. The van der Waals surface area contributed by atoms with Crippen LogP contribution in [0.4, 0.5) is 5.69 Å². The Labute approximate surface area is 142 Å². The third-order valence-electron chi connectivity index (χ3n) is 4.36. The van der Waals surface area contributed by atoms with Crippen molar-refractivity contribution < 1.29 is 4.74 Å². The summed E-state index contributed by atoms with van der Waals surface area (Å²) < 4.78 is 7.53. The van der Waals surface area contributed by atoms with Gasteiger partial charge in [-0.05, 0) is 36.8 Å². The molecule has 0 fully saturated rings. The van der Waals surface area contributed by atoms with Gasteiger partial charge in [-0.3, -0.25) is 0 Å². The maximum absolute atomic E-state index is 9.75. The minimum atomic E-state index is 0.715. The molecule has 0 saturated carbocycles. The number of aryl methyl sites for hydroxylation is 1. The molecule has 0 saturated heterocycles. The van der Waals surface area contributed by atoms with E-state index in [0.717, 1.165) is 40.1 Å². The highest BCUT2D eigenvalue weighted by atomic mass is 16.5. The molecule has 0 N–H and O–H groups in total. The Morgan fingerprint density at radius 3 is 2.38 bits per heavy atom. The molecule has 1 aromatic heterocycles. The van der Waals surface area contributed by atoms with Crippen molar-refractivity contribution in [3.8, 4) is 23.1 Å². The van der Waals surface area contributed by atoms with Crippen LogP contribution >= 0.6 is 0 Å². The Hall–Kier alpha value is -2.93. The molecule has 0 aliphatic rings. The van der Waals surface area contributed by atoms with Crippen molar-refractivity contribution in [1.29, 1.82) is 5.26 Å². The van der Waals surface area contributed by atoms with E-state index in [1.54, 1.807) is 7.11 Å². The summed E-state index contributed by atoms with van der Waals surface area (Å²) in [6.07, 6.45) is 0. The molecule has 1 heterocycles. The van der Waals surface area contributed by atoms with Gasteiger partial charge in [0.05, 0.1) is 23.9 Å². The first-order chi connectivity index (χ1) is 11.6. The summed E-state index contributed by atoms with van der Waals surface area (Å²) in [6, 6.07) is 16.6. The quantitative estimate of drug-likeness (QED) is 0.721. The normalized spacial score (nSPS) is 10.6. The maximum atomic E-state index is 9.75. The summed E-state index contributed by atoms with van der Waals surface area (Å²) in [5.41, 5.74) is 4.90. The Kier molecular flexibility index (Phi) is 4.18.